The molecule has 0 N–H and O–H groups in total. The average molecular weight is 349 g/mol. The maximum Gasteiger partial charge on any atom is 0.253 e. The molecule has 0 spiro atoms. The molecule has 0 atom stereocenters. The number of piperidine rings is 1. The number of carbonyl (C=O) groups excluding carboxylic acids is 1. The van der Waals surface area contributed by atoms with Crippen molar-refractivity contribution in [3.05, 3.63) is 66.7 Å². The molecular formula is C21H23N3O2. The SMILES string of the molecule is O=C(c1cccc(-c2ccco2)c1)N1CCC(CCn2cccn2)CC1. The molecule has 0 saturated carbocycles. The van der Waals surface area contributed by atoms with Gasteiger partial charge in [0.2, 0.25) is 0 Å². The minimum absolute atomic E-state index is 0.115. The zero-order valence-corrected chi connectivity index (χ0v) is 14.8. The van der Waals surface area contributed by atoms with Crippen LogP contribution >= 0.6 is 0 Å². The first-order valence-corrected chi connectivity index (χ1v) is 9.20. The summed E-state index contributed by atoms with van der Waals surface area (Å²) in [6.45, 7) is 2.61. The second-order valence-electron chi connectivity index (χ2n) is 6.85. The maximum absolute atomic E-state index is 12.9. The van der Waals surface area contributed by atoms with Crippen LogP contribution in [-0.4, -0.2) is 33.7 Å². The lowest BCUT2D eigenvalue weighted by Crippen LogP contribution is -2.38. The molecule has 26 heavy (non-hydrogen) atoms. The van der Waals surface area contributed by atoms with Crippen molar-refractivity contribution in [3.63, 3.8) is 0 Å². The number of furan rings is 1. The van der Waals surface area contributed by atoms with Crippen molar-refractivity contribution in [2.75, 3.05) is 13.1 Å². The van der Waals surface area contributed by atoms with Crippen LogP contribution in [0.2, 0.25) is 0 Å². The molecule has 0 radical (unpaired) electrons. The van der Waals surface area contributed by atoms with Gasteiger partial charge in [-0.2, -0.15) is 5.10 Å². The summed E-state index contributed by atoms with van der Waals surface area (Å²) in [5.74, 6) is 1.57. The zero-order valence-electron chi connectivity index (χ0n) is 14.8. The van der Waals surface area contributed by atoms with Gasteiger partial charge in [-0.05, 0) is 55.5 Å². The second kappa shape index (κ2) is 7.60. The van der Waals surface area contributed by atoms with Crippen molar-refractivity contribution in [1.82, 2.24) is 14.7 Å². The molecule has 0 bridgehead atoms. The topological polar surface area (TPSA) is 51.3 Å². The number of aryl methyl sites for hydroxylation is 1. The fourth-order valence-corrected chi connectivity index (χ4v) is 3.60. The van der Waals surface area contributed by atoms with Gasteiger partial charge in [-0.1, -0.05) is 12.1 Å². The van der Waals surface area contributed by atoms with Gasteiger partial charge in [0.1, 0.15) is 5.76 Å². The Morgan fingerprint density at radius 1 is 1.15 bits per heavy atom. The van der Waals surface area contributed by atoms with Crippen molar-refractivity contribution < 1.29 is 9.21 Å². The number of benzene rings is 1. The monoisotopic (exact) mass is 349 g/mol. The maximum atomic E-state index is 12.9. The van der Waals surface area contributed by atoms with Gasteiger partial charge < -0.3 is 9.32 Å². The minimum atomic E-state index is 0.115. The van der Waals surface area contributed by atoms with Crippen LogP contribution in [0.25, 0.3) is 11.3 Å². The Bertz CT molecular complexity index is 832. The van der Waals surface area contributed by atoms with Crippen LogP contribution in [0.15, 0.2) is 65.5 Å². The van der Waals surface area contributed by atoms with E-state index in [1.54, 1.807) is 6.26 Å². The molecule has 0 aliphatic carbocycles. The Balaban J connectivity index is 1.34. The molecule has 5 nitrogen and oxygen atoms in total. The number of hydrogen-bond acceptors (Lipinski definition) is 3. The predicted octanol–water partition coefficient (Wildman–Crippen LogP) is 4.09. The lowest BCUT2D eigenvalue weighted by atomic mass is 9.93. The third-order valence-electron chi connectivity index (χ3n) is 5.14. The molecule has 134 valence electrons. The van der Waals surface area contributed by atoms with Gasteiger partial charge in [-0.25, -0.2) is 0 Å². The van der Waals surface area contributed by atoms with Crippen LogP contribution < -0.4 is 0 Å². The van der Waals surface area contributed by atoms with Crippen LogP contribution in [0.3, 0.4) is 0 Å². The van der Waals surface area contributed by atoms with Gasteiger partial charge in [0.15, 0.2) is 0 Å². The smallest absolute Gasteiger partial charge is 0.253 e. The number of aromatic nitrogens is 2. The quantitative estimate of drug-likeness (QED) is 0.697. The van der Waals surface area contributed by atoms with Gasteiger partial charge in [0, 0.05) is 43.2 Å². The summed E-state index contributed by atoms with van der Waals surface area (Å²) in [7, 11) is 0. The summed E-state index contributed by atoms with van der Waals surface area (Å²) in [5.41, 5.74) is 1.67. The van der Waals surface area contributed by atoms with Gasteiger partial charge >= 0.3 is 0 Å². The van der Waals surface area contributed by atoms with E-state index < -0.39 is 0 Å². The van der Waals surface area contributed by atoms with E-state index in [1.807, 2.05) is 64.4 Å². The molecule has 2 aromatic heterocycles. The summed E-state index contributed by atoms with van der Waals surface area (Å²) in [6.07, 6.45) is 8.72. The van der Waals surface area contributed by atoms with Gasteiger partial charge in [0.25, 0.3) is 5.91 Å². The zero-order chi connectivity index (χ0) is 17.8. The normalized spacial score (nSPS) is 15.3. The minimum Gasteiger partial charge on any atom is -0.464 e. The second-order valence-corrected chi connectivity index (χ2v) is 6.85. The van der Waals surface area contributed by atoms with Crippen molar-refractivity contribution in [1.29, 1.82) is 0 Å². The highest BCUT2D eigenvalue weighted by Crippen LogP contribution is 2.25. The van der Waals surface area contributed by atoms with Crippen molar-refractivity contribution in [3.8, 4) is 11.3 Å². The average Bonchev–Trinajstić information content (AvgIpc) is 3.40. The van der Waals surface area contributed by atoms with Crippen LogP contribution in [0.1, 0.15) is 29.6 Å². The largest absolute Gasteiger partial charge is 0.464 e. The van der Waals surface area contributed by atoms with Crippen molar-refractivity contribution in [2.24, 2.45) is 5.92 Å². The third kappa shape index (κ3) is 3.72. The first-order chi connectivity index (χ1) is 12.8. The van der Waals surface area contributed by atoms with Crippen molar-refractivity contribution in [2.45, 2.75) is 25.8 Å². The Morgan fingerprint density at radius 2 is 2.04 bits per heavy atom. The molecule has 3 heterocycles. The van der Waals surface area contributed by atoms with Gasteiger partial charge in [0.05, 0.1) is 6.26 Å². The first kappa shape index (κ1) is 16.6. The van der Waals surface area contributed by atoms with Gasteiger partial charge in [-0.3, -0.25) is 9.48 Å². The predicted molar refractivity (Wildman–Crippen MR) is 99.6 cm³/mol. The Kier molecular flexibility index (Phi) is 4.86. The van der Waals surface area contributed by atoms with Crippen LogP contribution in [-0.2, 0) is 6.54 Å². The fraction of sp³-hybridized carbons (Fsp3) is 0.333. The third-order valence-corrected chi connectivity index (χ3v) is 5.14. The molecule has 4 rings (SSSR count). The fourth-order valence-electron chi connectivity index (χ4n) is 3.60. The highest BCUT2D eigenvalue weighted by Gasteiger charge is 2.23. The highest BCUT2D eigenvalue weighted by molar-refractivity contribution is 5.95. The molecule has 0 unspecified atom stereocenters. The van der Waals surface area contributed by atoms with Crippen molar-refractivity contribution >= 4 is 5.91 Å². The molecule has 1 amide bonds. The molecular weight excluding hydrogens is 326 g/mol. The van der Waals surface area contributed by atoms with E-state index in [0.29, 0.717) is 5.92 Å². The van der Waals surface area contributed by atoms with E-state index in [1.165, 1.54) is 0 Å². The molecule has 3 aromatic rings. The van der Waals surface area contributed by atoms with E-state index in [9.17, 15) is 4.79 Å². The molecule has 5 heteroatoms. The summed E-state index contributed by atoms with van der Waals surface area (Å²) >= 11 is 0. The van der Waals surface area contributed by atoms with Crippen LogP contribution in [0, 0.1) is 5.92 Å². The van der Waals surface area contributed by atoms with E-state index in [-0.39, 0.29) is 5.91 Å². The Labute approximate surface area is 153 Å². The number of nitrogens with zero attached hydrogens (tertiary/aromatic N) is 3. The summed E-state index contributed by atoms with van der Waals surface area (Å²) in [4.78, 5) is 14.8. The van der Waals surface area contributed by atoms with Gasteiger partial charge in [-0.15, -0.1) is 0 Å². The summed E-state index contributed by atoms with van der Waals surface area (Å²) in [5, 5.41) is 4.26. The van der Waals surface area contributed by atoms with E-state index in [0.717, 1.165) is 55.8 Å². The Hall–Kier alpha value is -2.82. The molecule has 1 aromatic carbocycles. The number of rotatable bonds is 5. The number of likely N-dealkylation sites (tertiary alicyclic amines) is 1. The van der Waals surface area contributed by atoms with Crippen LogP contribution in [0.4, 0.5) is 0 Å². The summed E-state index contributed by atoms with van der Waals surface area (Å²) < 4.78 is 7.42. The molecule has 1 aliphatic rings. The lowest BCUT2D eigenvalue weighted by molar-refractivity contribution is 0.0684. The van der Waals surface area contributed by atoms with E-state index in [2.05, 4.69) is 5.10 Å². The van der Waals surface area contributed by atoms with E-state index >= 15 is 0 Å². The molecule has 1 saturated heterocycles. The first-order valence-electron chi connectivity index (χ1n) is 9.20. The van der Waals surface area contributed by atoms with E-state index in [4.69, 9.17) is 4.42 Å². The standard InChI is InChI=1S/C21H23N3O2/c25-21(19-5-1-4-18(16-19)20-6-2-15-26-20)23-12-7-17(8-13-23)9-14-24-11-3-10-22-24/h1-6,10-11,15-17H,7-9,12-14H2. The number of amides is 1. The lowest BCUT2D eigenvalue weighted by Gasteiger charge is -2.32. The molecule has 1 fully saturated rings. The highest BCUT2D eigenvalue weighted by atomic mass is 16.3. The molecule has 1 aliphatic heterocycles. The Morgan fingerprint density at radius 3 is 2.77 bits per heavy atom. The number of carbonyl (C=O) groups is 1. The summed E-state index contributed by atoms with van der Waals surface area (Å²) in [6, 6.07) is 13.4. The number of hydrogen-bond donors (Lipinski definition) is 0. The van der Waals surface area contributed by atoms with Crippen LogP contribution in [0.5, 0.6) is 0 Å².